The lowest BCUT2D eigenvalue weighted by Gasteiger charge is -2.21. The highest BCUT2D eigenvalue weighted by atomic mass is 32.2. The van der Waals surface area contributed by atoms with Crippen LogP contribution in [0.3, 0.4) is 0 Å². The summed E-state index contributed by atoms with van der Waals surface area (Å²) in [4.78, 5) is 21.9. The van der Waals surface area contributed by atoms with E-state index in [1.165, 1.54) is 44.3 Å². The van der Waals surface area contributed by atoms with Crippen LogP contribution in [0.1, 0.15) is 6.92 Å². The van der Waals surface area contributed by atoms with Crippen LogP contribution in [-0.2, 0) is 14.8 Å². The van der Waals surface area contributed by atoms with Gasteiger partial charge in [-0.25, -0.2) is 13.2 Å². The molecule has 0 aliphatic carbocycles. The van der Waals surface area contributed by atoms with Crippen molar-refractivity contribution in [2.75, 3.05) is 7.05 Å². The Hall–Kier alpha value is -2.19. The van der Waals surface area contributed by atoms with E-state index < -0.39 is 27.7 Å². The highest BCUT2D eigenvalue weighted by Gasteiger charge is 2.29. The summed E-state index contributed by atoms with van der Waals surface area (Å²) in [6, 6.07) is 5.40. The van der Waals surface area contributed by atoms with Crippen molar-refractivity contribution in [3.63, 3.8) is 0 Å². The molecule has 1 N–H and O–H groups in total. The number of benzene rings is 1. The van der Waals surface area contributed by atoms with Crippen molar-refractivity contribution < 1.29 is 22.7 Å². The first-order valence-electron chi connectivity index (χ1n) is 5.98. The zero-order chi connectivity index (χ0) is 15.8. The number of hydrogen-bond donors (Lipinski definition) is 1. The highest BCUT2D eigenvalue weighted by molar-refractivity contribution is 7.89. The van der Waals surface area contributed by atoms with E-state index in [1.54, 1.807) is 0 Å². The SMILES string of the molecule is CC(C(=O)O)N(C)S(=O)(=O)c1ccc2oc(=O)ccc2c1. The van der Waals surface area contributed by atoms with Crippen molar-refractivity contribution in [3.05, 3.63) is 40.8 Å². The van der Waals surface area contributed by atoms with Crippen LogP contribution in [0.4, 0.5) is 0 Å². The molecule has 1 heterocycles. The second-order valence-electron chi connectivity index (χ2n) is 4.49. The molecule has 0 saturated heterocycles. The van der Waals surface area contributed by atoms with Gasteiger partial charge in [0.05, 0.1) is 4.90 Å². The van der Waals surface area contributed by atoms with Crippen LogP contribution in [0.5, 0.6) is 0 Å². The van der Waals surface area contributed by atoms with Gasteiger partial charge in [0.1, 0.15) is 11.6 Å². The summed E-state index contributed by atoms with van der Waals surface area (Å²) in [6.45, 7) is 1.28. The van der Waals surface area contributed by atoms with Crippen molar-refractivity contribution in [2.24, 2.45) is 0 Å². The summed E-state index contributed by atoms with van der Waals surface area (Å²) >= 11 is 0. The Morgan fingerprint density at radius 3 is 2.57 bits per heavy atom. The average molecular weight is 311 g/mol. The Balaban J connectivity index is 2.52. The fourth-order valence-electron chi connectivity index (χ4n) is 1.74. The molecule has 0 amide bonds. The van der Waals surface area contributed by atoms with Crippen molar-refractivity contribution in [2.45, 2.75) is 17.9 Å². The molecule has 7 nitrogen and oxygen atoms in total. The lowest BCUT2D eigenvalue weighted by Crippen LogP contribution is -2.40. The van der Waals surface area contributed by atoms with Crippen LogP contribution in [0.2, 0.25) is 0 Å². The third kappa shape index (κ3) is 2.81. The maximum absolute atomic E-state index is 12.4. The van der Waals surface area contributed by atoms with Gasteiger partial charge in [0, 0.05) is 18.5 Å². The Morgan fingerprint density at radius 1 is 1.29 bits per heavy atom. The maximum Gasteiger partial charge on any atom is 0.336 e. The van der Waals surface area contributed by atoms with Gasteiger partial charge in [0.2, 0.25) is 10.0 Å². The van der Waals surface area contributed by atoms with Crippen LogP contribution < -0.4 is 5.63 Å². The van der Waals surface area contributed by atoms with Crippen molar-refractivity contribution in [1.29, 1.82) is 0 Å². The first-order valence-corrected chi connectivity index (χ1v) is 7.42. The van der Waals surface area contributed by atoms with Crippen LogP contribution >= 0.6 is 0 Å². The molecule has 0 radical (unpaired) electrons. The molecule has 0 fully saturated rings. The lowest BCUT2D eigenvalue weighted by molar-refractivity contribution is -0.140. The molecule has 1 aromatic heterocycles. The number of nitrogens with zero attached hydrogens (tertiary/aromatic N) is 1. The number of hydrogen-bond acceptors (Lipinski definition) is 5. The smallest absolute Gasteiger partial charge is 0.336 e. The van der Waals surface area contributed by atoms with Crippen LogP contribution in [0.25, 0.3) is 11.0 Å². The molecule has 2 rings (SSSR count). The summed E-state index contributed by atoms with van der Waals surface area (Å²) in [6.07, 6.45) is 0. The van der Waals surface area contributed by atoms with Gasteiger partial charge in [-0.1, -0.05) is 0 Å². The van der Waals surface area contributed by atoms with Gasteiger partial charge in [-0.2, -0.15) is 4.31 Å². The third-order valence-electron chi connectivity index (χ3n) is 3.17. The zero-order valence-corrected chi connectivity index (χ0v) is 12.1. The van der Waals surface area contributed by atoms with E-state index in [9.17, 15) is 18.0 Å². The molecule has 2 aromatic rings. The molecule has 8 heteroatoms. The van der Waals surface area contributed by atoms with Crippen LogP contribution in [0, 0.1) is 0 Å². The largest absolute Gasteiger partial charge is 0.480 e. The number of fused-ring (bicyclic) bond motifs is 1. The van der Waals surface area contributed by atoms with Gasteiger partial charge < -0.3 is 9.52 Å². The van der Waals surface area contributed by atoms with Crippen molar-refractivity contribution >= 4 is 27.0 Å². The molecule has 21 heavy (non-hydrogen) atoms. The van der Waals surface area contributed by atoms with E-state index in [0.717, 1.165) is 4.31 Å². The average Bonchev–Trinajstić information content (AvgIpc) is 2.44. The van der Waals surface area contributed by atoms with Gasteiger partial charge in [-0.3, -0.25) is 4.79 Å². The summed E-state index contributed by atoms with van der Waals surface area (Å²) in [5.74, 6) is -1.24. The quantitative estimate of drug-likeness (QED) is 0.841. The predicted octanol–water partition coefficient (Wildman–Crippen LogP) is 0.887. The fourth-order valence-corrected chi connectivity index (χ4v) is 3.10. The van der Waals surface area contributed by atoms with E-state index >= 15 is 0 Å². The molecule has 112 valence electrons. The molecule has 0 bridgehead atoms. The van der Waals surface area contributed by atoms with E-state index in [4.69, 9.17) is 9.52 Å². The number of carboxylic acid groups (broad SMARTS) is 1. The Bertz CT molecular complexity index is 854. The highest BCUT2D eigenvalue weighted by Crippen LogP contribution is 2.21. The molecule has 1 aromatic carbocycles. The van der Waals surface area contributed by atoms with E-state index in [2.05, 4.69) is 0 Å². The lowest BCUT2D eigenvalue weighted by atomic mass is 10.2. The number of carbonyl (C=O) groups is 1. The van der Waals surface area contributed by atoms with Crippen molar-refractivity contribution in [1.82, 2.24) is 4.31 Å². The summed E-state index contributed by atoms with van der Waals surface area (Å²) in [5, 5.41) is 9.35. The Labute approximate surface area is 120 Å². The van der Waals surface area contributed by atoms with Gasteiger partial charge in [-0.05, 0) is 31.2 Å². The second-order valence-corrected chi connectivity index (χ2v) is 6.49. The number of aliphatic carboxylic acids is 1. The Morgan fingerprint density at radius 2 is 1.95 bits per heavy atom. The van der Waals surface area contributed by atoms with Gasteiger partial charge >= 0.3 is 11.6 Å². The first-order chi connectivity index (χ1) is 9.73. The fraction of sp³-hybridized carbons (Fsp3) is 0.231. The molecule has 1 atom stereocenters. The topological polar surface area (TPSA) is 105 Å². The minimum atomic E-state index is -3.95. The first kappa shape index (κ1) is 15.2. The molecule has 1 unspecified atom stereocenters. The number of rotatable bonds is 4. The Kier molecular flexibility index (Phi) is 3.84. The standard InChI is InChI=1S/C13H13NO6S/c1-8(13(16)17)14(2)21(18,19)10-4-5-11-9(7-10)3-6-12(15)20-11/h3-8H,1-2H3,(H,16,17). The monoisotopic (exact) mass is 311 g/mol. The minimum absolute atomic E-state index is 0.0700. The number of likely N-dealkylation sites (N-methyl/N-ethyl adjacent to an activating group) is 1. The van der Waals surface area contributed by atoms with Crippen LogP contribution in [-0.4, -0.2) is 36.9 Å². The van der Waals surface area contributed by atoms with E-state index in [-0.39, 0.29) is 10.5 Å². The molecule has 0 saturated carbocycles. The third-order valence-corrected chi connectivity index (χ3v) is 5.09. The zero-order valence-electron chi connectivity index (χ0n) is 11.3. The number of carboxylic acids is 1. The molecule has 0 aliphatic heterocycles. The molecule has 0 aliphatic rings. The maximum atomic E-state index is 12.4. The number of sulfonamides is 1. The summed E-state index contributed by atoms with van der Waals surface area (Å²) < 4.78 is 30.4. The van der Waals surface area contributed by atoms with E-state index in [1.807, 2.05) is 0 Å². The van der Waals surface area contributed by atoms with Crippen LogP contribution in [0.15, 0.2) is 44.4 Å². The van der Waals surface area contributed by atoms with E-state index in [0.29, 0.717) is 5.39 Å². The normalized spacial score (nSPS) is 13.5. The van der Waals surface area contributed by atoms with Gasteiger partial charge in [0.25, 0.3) is 0 Å². The minimum Gasteiger partial charge on any atom is -0.480 e. The second kappa shape index (κ2) is 5.30. The molecule has 0 spiro atoms. The van der Waals surface area contributed by atoms with Crippen molar-refractivity contribution in [3.8, 4) is 0 Å². The molecular formula is C13H13NO6S. The predicted molar refractivity (Wildman–Crippen MR) is 74.5 cm³/mol. The molecular weight excluding hydrogens is 298 g/mol. The van der Waals surface area contributed by atoms with Gasteiger partial charge in [-0.15, -0.1) is 0 Å². The summed E-state index contributed by atoms with van der Waals surface area (Å²) in [5.41, 5.74) is -0.273. The van der Waals surface area contributed by atoms with Gasteiger partial charge in [0.15, 0.2) is 0 Å². The summed E-state index contributed by atoms with van der Waals surface area (Å²) in [7, 11) is -2.75.